The predicted molar refractivity (Wildman–Crippen MR) is 60.5 cm³/mol. The minimum Gasteiger partial charge on any atom is -0.228 e. The van der Waals surface area contributed by atoms with Gasteiger partial charge in [0.15, 0.2) is 0 Å². The van der Waals surface area contributed by atoms with Crippen molar-refractivity contribution >= 4 is 27.5 Å². The lowest BCUT2D eigenvalue weighted by Gasteiger charge is -2.21. The van der Waals surface area contributed by atoms with E-state index in [1.807, 2.05) is 13.8 Å². The van der Waals surface area contributed by atoms with E-state index < -0.39 is 5.95 Å². The fourth-order valence-corrected chi connectivity index (χ4v) is 1.53. The third-order valence-electron chi connectivity index (χ3n) is 1.96. The van der Waals surface area contributed by atoms with Crippen LogP contribution in [0, 0.1) is 11.4 Å². The van der Waals surface area contributed by atoms with Crippen LogP contribution < -0.4 is 0 Å². The number of halogens is 3. The Bertz CT molecular complexity index is 308. The van der Waals surface area contributed by atoms with Crippen LogP contribution in [-0.4, -0.2) is 10.3 Å². The molecule has 1 nitrogen and oxygen atoms in total. The summed E-state index contributed by atoms with van der Waals surface area (Å²) >= 11 is 9.29. The van der Waals surface area contributed by atoms with Crippen molar-refractivity contribution in [3.8, 4) is 0 Å². The first-order valence-corrected chi connectivity index (χ1v) is 5.81. The van der Waals surface area contributed by atoms with Crippen molar-refractivity contribution in [1.82, 2.24) is 4.98 Å². The minimum atomic E-state index is -0.466. The van der Waals surface area contributed by atoms with E-state index in [4.69, 9.17) is 11.6 Å². The van der Waals surface area contributed by atoms with Gasteiger partial charge in [0.2, 0.25) is 5.95 Å². The molecule has 0 bridgehead atoms. The maximum absolute atomic E-state index is 13.3. The molecule has 0 aromatic carbocycles. The summed E-state index contributed by atoms with van der Waals surface area (Å²) in [6, 6.07) is 1.62. The summed E-state index contributed by atoms with van der Waals surface area (Å²) in [4.78, 5) is 3.59. The lowest BCUT2D eigenvalue weighted by atomic mass is 9.88. The summed E-state index contributed by atoms with van der Waals surface area (Å²) in [5, 5.41) is 1.25. The third kappa shape index (κ3) is 2.92. The van der Waals surface area contributed by atoms with Gasteiger partial charge in [-0.2, -0.15) is 4.39 Å². The molecule has 0 spiro atoms. The van der Waals surface area contributed by atoms with Crippen molar-refractivity contribution in [1.29, 1.82) is 0 Å². The molecule has 0 saturated carbocycles. The maximum Gasteiger partial charge on any atom is 0.217 e. The van der Waals surface area contributed by atoms with E-state index in [9.17, 15) is 4.39 Å². The molecule has 0 N–H and O–H groups in total. The van der Waals surface area contributed by atoms with Crippen LogP contribution in [0.1, 0.15) is 19.4 Å². The van der Waals surface area contributed by atoms with E-state index in [2.05, 4.69) is 20.9 Å². The number of hydrogen-bond donors (Lipinski definition) is 0. The van der Waals surface area contributed by atoms with Crippen LogP contribution in [0.3, 0.4) is 0 Å². The molecule has 0 radical (unpaired) electrons. The first-order chi connectivity index (χ1) is 6.46. The van der Waals surface area contributed by atoms with Crippen LogP contribution in [0.15, 0.2) is 12.3 Å². The average molecular weight is 281 g/mol. The first kappa shape index (κ1) is 11.9. The Labute approximate surface area is 96.8 Å². The summed E-state index contributed by atoms with van der Waals surface area (Å²) < 4.78 is 13.3. The van der Waals surface area contributed by atoms with Crippen molar-refractivity contribution in [3.05, 3.63) is 28.8 Å². The van der Waals surface area contributed by atoms with E-state index in [1.54, 1.807) is 6.07 Å². The van der Waals surface area contributed by atoms with E-state index in [0.29, 0.717) is 17.0 Å². The quantitative estimate of drug-likeness (QED) is 0.605. The van der Waals surface area contributed by atoms with Gasteiger partial charge in [-0.15, -0.1) is 0 Å². The molecule has 0 aliphatic rings. The highest BCUT2D eigenvalue weighted by atomic mass is 79.9. The predicted octanol–water partition coefficient (Wildman–Crippen LogP) is 3.84. The van der Waals surface area contributed by atoms with Crippen LogP contribution in [0.5, 0.6) is 0 Å². The molecule has 0 fully saturated rings. The second-order valence-electron chi connectivity index (χ2n) is 4.04. The molecule has 0 amide bonds. The Kier molecular flexibility index (Phi) is 3.90. The summed E-state index contributed by atoms with van der Waals surface area (Å²) in [6.45, 7) is 4.09. The van der Waals surface area contributed by atoms with Gasteiger partial charge in [-0.05, 0) is 17.9 Å². The Hall–Kier alpha value is -0.150. The third-order valence-corrected chi connectivity index (χ3v) is 3.84. The molecular formula is C10H12BrClFN. The zero-order valence-electron chi connectivity index (χ0n) is 8.15. The number of hydrogen-bond acceptors (Lipinski definition) is 1. The standard InChI is InChI=1S/C10H12BrClFN/c1-10(2,6-11)5-7-8(12)3-4-14-9(7)13/h3-4H,5-6H2,1-2H3. The molecule has 0 unspecified atom stereocenters. The van der Waals surface area contributed by atoms with Crippen LogP contribution >= 0.6 is 27.5 Å². The van der Waals surface area contributed by atoms with E-state index in [-0.39, 0.29) is 5.41 Å². The van der Waals surface area contributed by atoms with Crippen molar-refractivity contribution < 1.29 is 4.39 Å². The van der Waals surface area contributed by atoms with Gasteiger partial charge in [-0.25, -0.2) is 4.98 Å². The molecule has 14 heavy (non-hydrogen) atoms. The van der Waals surface area contributed by atoms with Crippen molar-refractivity contribution in [3.63, 3.8) is 0 Å². The molecule has 0 aliphatic carbocycles. The second-order valence-corrected chi connectivity index (χ2v) is 5.00. The Morgan fingerprint density at radius 1 is 1.57 bits per heavy atom. The van der Waals surface area contributed by atoms with Crippen LogP contribution in [-0.2, 0) is 6.42 Å². The van der Waals surface area contributed by atoms with Gasteiger partial charge >= 0.3 is 0 Å². The number of rotatable bonds is 3. The molecule has 0 atom stereocenters. The molecule has 1 rings (SSSR count). The average Bonchev–Trinajstić information content (AvgIpc) is 2.12. The van der Waals surface area contributed by atoms with Gasteiger partial charge in [-0.3, -0.25) is 0 Å². The molecule has 1 heterocycles. The van der Waals surface area contributed by atoms with Gasteiger partial charge in [0.05, 0.1) is 0 Å². The molecule has 78 valence electrons. The number of nitrogens with zero attached hydrogens (tertiary/aromatic N) is 1. The molecular weight excluding hydrogens is 268 g/mol. The highest BCUT2D eigenvalue weighted by Gasteiger charge is 2.21. The summed E-state index contributed by atoms with van der Waals surface area (Å²) in [5.41, 5.74) is 0.478. The normalized spacial score (nSPS) is 11.8. The van der Waals surface area contributed by atoms with Gasteiger partial charge in [0.1, 0.15) is 0 Å². The Morgan fingerprint density at radius 3 is 2.71 bits per heavy atom. The molecule has 1 aromatic heterocycles. The van der Waals surface area contributed by atoms with Crippen LogP contribution in [0.2, 0.25) is 5.02 Å². The van der Waals surface area contributed by atoms with E-state index in [1.165, 1.54) is 6.20 Å². The lowest BCUT2D eigenvalue weighted by Crippen LogP contribution is -2.18. The molecule has 0 aliphatic heterocycles. The van der Waals surface area contributed by atoms with Crippen LogP contribution in [0.25, 0.3) is 0 Å². The van der Waals surface area contributed by atoms with Crippen molar-refractivity contribution in [2.45, 2.75) is 20.3 Å². The lowest BCUT2D eigenvalue weighted by molar-refractivity contribution is 0.411. The van der Waals surface area contributed by atoms with Gasteiger partial charge in [-0.1, -0.05) is 41.4 Å². The second kappa shape index (κ2) is 4.58. The minimum absolute atomic E-state index is 0.0203. The fourth-order valence-electron chi connectivity index (χ4n) is 1.13. The van der Waals surface area contributed by atoms with Gasteiger partial charge in [0, 0.05) is 22.1 Å². The van der Waals surface area contributed by atoms with Gasteiger partial charge < -0.3 is 0 Å². The highest BCUT2D eigenvalue weighted by molar-refractivity contribution is 9.09. The van der Waals surface area contributed by atoms with Crippen molar-refractivity contribution in [2.75, 3.05) is 5.33 Å². The topological polar surface area (TPSA) is 12.9 Å². The summed E-state index contributed by atoms with van der Waals surface area (Å²) in [5.74, 6) is -0.466. The SMILES string of the molecule is CC(C)(CBr)Cc1c(Cl)ccnc1F. The van der Waals surface area contributed by atoms with Crippen molar-refractivity contribution in [2.24, 2.45) is 5.41 Å². The highest BCUT2D eigenvalue weighted by Crippen LogP contribution is 2.28. The summed E-state index contributed by atoms with van der Waals surface area (Å²) in [7, 11) is 0. The molecule has 0 saturated heterocycles. The molecule has 4 heteroatoms. The maximum atomic E-state index is 13.3. The first-order valence-electron chi connectivity index (χ1n) is 4.31. The number of alkyl halides is 1. The largest absolute Gasteiger partial charge is 0.228 e. The van der Waals surface area contributed by atoms with Crippen LogP contribution in [0.4, 0.5) is 4.39 Å². The zero-order chi connectivity index (χ0) is 10.8. The van der Waals surface area contributed by atoms with E-state index >= 15 is 0 Å². The Balaban J connectivity index is 2.97. The summed E-state index contributed by atoms with van der Waals surface area (Å²) in [6.07, 6.45) is 1.96. The zero-order valence-corrected chi connectivity index (χ0v) is 10.5. The smallest absolute Gasteiger partial charge is 0.217 e. The Morgan fingerprint density at radius 2 is 2.21 bits per heavy atom. The van der Waals surface area contributed by atoms with E-state index in [0.717, 1.165) is 5.33 Å². The molecule has 1 aromatic rings. The fraction of sp³-hybridized carbons (Fsp3) is 0.500. The number of aromatic nitrogens is 1. The monoisotopic (exact) mass is 279 g/mol. The van der Waals surface area contributed by atoms with Gasteiger partial charge in [0.25, 0.3) is 0 Å². The number of pyridine rings is 1.